The van der Waals surface area contributed by atoms with Gasteiger partial charge in [-0.15, -0.1) is 0 Å². The number of hydrogen-bond acceptors (Lipinski definition) is 7. The van der Waals surface area contributed by atoms with E-state index in [2.05, 4.69) is 28.6 Å². The Bertz CT molecular complexity index is 504. The highest BCUT2D eigenvalue weighted by Crippen LogP contribution is 2.02. The van der Waals surface area contributed by atoms with Gasteiger partial charge in [0.05, 0.1) is 12.6 Å². The predicted molar refractivity (Wildman–Crippen MR) is 104 cm³/mol. The van der Waals surface area contributed by atoms with E-state index in [0.717, 1.165) is 0 Å². The first-order chi connectivity index (χ1) is 12.1. The molecule has 0 aliphatic carbocycles. The van der Waals surface area contributed by atoms with Crippen molar-refractivity contribution in [2.24, 2.45) is 11.7 Å². The smallest absolute Gasteiger partial charge is 0.327 e. The van der Waals surface area contributed by atoms with E-state index in [9.17, 15) is 19.2 Å². The second-order valence-corrected chi connectivity index (χ2v) is 7.32. The van der Waals surface area contributed by atoms with E-state index in [-0.39, 0.29) is 18.2 Å². The maximum Gasteiger partial charge on any atom is 0.327 e. The van der Waals surface area contributed by atoms with Crippen LogP contribution < -0.4 is 21.7 Å². The van der Waals surface area contributed by atoms with Crippen LogP contribution in [0, 0.1) is 5.92 Å². The second-order valence-electron chi connectivity index (χ2n) is 5.97. The Kier molecular flexibility index (Phi) is 12.1. The lowest BCUT2D eigenvalue weighted by molar-refractivity contribution is -0.141. The van der Waals surface area contributed by atoms with Gasteiger partial charge in [0, 0.05) is 5.75 Å². The molecule has 6 N–H and O–H groups in total. The van der Waals surface area contributed by atoms with Crippen LogP contribution in [0.3, 0.4) is 0 Å². The SMILES string of the molecule is CSCCC(NC(=O)CNC(=O)C(N)C(C)C)C(=O)NC(CS)C(=O)O. The van der Waals surface area contributed by atoms with Crippen LogP contribution in [0.2, 0.25) is 0 Å². The summed E-state index contributed by atoms with van der Waals surface area (Å²) >= 11 is 5.37. The standard InChI is InChI=1S/C15H28N4O5S2/c1-8(2)12(16)14(22)17-6-11(20)18-9(4-5-26-3)13(21)19-10(7-25)15(23)24/h8-10,12,25H,4-7,16H2,1-3H3,(H,17,22)(H,18,20)(H,19,21)(H,23,24). The minimum absolute atomic E-state index is 0.0760. The molecule has 0 bridgehead atoms. The zero-order valence-electron chi connectivity index (χ0n) is 15.2. The zero-order valence-corrected chi connectivity index (χ0v) is 16.9. The van der Waals surface area contributed by atoms with Crippen molar-refractivity contribution in [2.45, 2.75) is 38.4 Å². The summed E-state index contributed by atoms with van der Waals surface area (Å²) in [4.78, 5) is 47.1. The highest BCUT2D eigenvalue weighted by atomic mass is 32.2. The van der Waals surface area contributed by atoms with Crippen LogP contribution >= 0.6 is 24.4 Å². The van der Waals surface area contributed by atoms with Crippen LogP contribution in [0.15, 0.2) is 0 Å². The Labute approximate surface area is 163 Å². The first-order valence-corrected chi connectivity index (χ1v) is 10.1. The molecule has 0 spiro atoms. The number of nitrogens with two attached hydrogens (primary N) is 1. The molecule has 3 atom stereocenters. The fraction of sp³-hybridized carbons (Fsp3) is 0.733. The number of thioether (sulfide) groups is 1. The summed E-state index contributed by atoms with van der Waals surface area (Å²) in [6.45, 7) is 3.25. The van der Waals surface area contributed by atoms with Gasteiger partial charge in [0.2, 0.25) is 17.7 Å². The number of carboxylic acids is 1. The molecule has 3 unspecified atom stereocenters. The summed E-state index contributed by atoms with van der Waals surface area (Å²) in [6.07, 6.45) is 2.16. The Balaban J connectivity index is 4.73. The van der Waals surface area contributed by atoms with Crippen molar-refractivity contribution in [1.29, 1.82) is 0 Å². The average molecular weight is 409 g/mol. The summed E-state index contributed by atoms with van der Waals surface area (Å²) in [6, 6.07) is -2.79. The van der Waals surface area contributed by atoms with Crippen molar-refractivity contribution in [3.8, 4) is 0 Å². The Hall–Kier alpha value is -1.46. The third-order valence-electron chi connectivity index (χ3n) is 3.50. The summed E-state index contributed by atoms with van der Waals surface area (Å²) < 4.78 is 0. The van der Waals surface area contributed by atoms with Gasteiger partial charge in [-0.2, -0.15) is 24.4 Å². The lowest BCUT2D eigenvalue weighted by atomic mass is 10.1. The number of amides is 3. The molecule has 0 saturated carbocycles. The molecular formula is C15H28N4O5S2. The fourth-order valence-electron chi connectivity index (χ4n) is 1.80. The van der Waals surface area contributed by atoms with E-state index in [1.165, 1.54) is 11.8 Å². The van der Waals surface area contributed by atoms with Gasteiger partial charge >= 0.3 is 5.97 Å². The number of carbonyl (C=O) groups excluding carboxylic acids is 3. The quantitative estimate of drug-likeness (QED) is 0.223. The van der Waals surface area contributed by atoms with Crippen molar-refractivity contribution >= 4 is 48.1 Å². The normalized spacial score (nSPS) is 14.2. The van der Waals surface area contributed by atoms with Gasteiger partial charge < -0.3 is 26.8 Å². The number of carbonyl (C=O) groups is 4. The van der Waals surface area contributed by atoms with E-state index in [1.54, 1.807) is 13.8 Å². The summed E-state index contributed by atoms with van der Waals surface area (Å²) in [7, 11) is 0. The molecule has 0 radical (unpaired) electrons. The van der Waals surface area contributed by atoms with Crippen molar-refractivity contribution in [2.75, 3.05) is 24.3 Å². The van der Waals surface area contributed by atoms with Crippen LogP contribution in [0.5, 0.6) is 0 Å². The van der Waals surface area contributed by atoms with Gasteiger partial charge in [-0.3, -0.25) is 14.4 Å². The Morgan fingerprint density at radius 1 is 1.12 bits per heavy atom. The monoisotopic (exact) mass is 408 g/mol. The first-order valence-electron chi connectivity index (χ1n) is 8.09. The minimum Gasteiger partial charge on any atom is -0.480 e. The molecule has 0 aromatic heterocycles. The highest BCUT2D eigenvalue weighted by Gasteiger charge is 2.26. The molecule has 0 aliphatic rings. The molecule has 0 saturated heterocycles. The lowest BCUT2D eigenvalue weighted by Crippen LogP contribution is -2.54. The van der Waals surface area contributed by atoms with Gasteiger partial charge in [0.25, 0.3) is 0 Å². The van der Waals surface area contributed by atoms with Crippen molar-refractivity contribution in [3.63, 3.8) is 0 Å². The van der Waals surface area contributed by atoms with Gasteiger partial charge in [-0.05, 0) is 24.3 Å². The van der Waals surface area contributed by atoms with Crippen LogP contribution in [-0.2, 0) is 19.2 Å². The molecule has 0 heterocycles. The lowest BCUT2D eigenvalue weighted by Gasteiger charge is -2.21. The van der Waals surface area contributed by atoms with Crippen LogP contribution in [0.4, 0.5) is 0 Å². The topological polar surface area (TPSA) is 151 Å². The van der Waals surface area contributed by atoms with Crippen molar-refractivity contribution in [1.82, 2.24) is 16.0 Å². The third kappa shape index (κ3) is 9.30. The summed E-state index contributed by atoms with van der Waals surface area (Å²) in [5.74, 6) is -2.41. The van der Waals surface area contributed by atoms with Gasteiger partial charge in [-0.25, -0.2) is 4.79 Å². The molecule has 3 amide bonds. The zero-order chi connectivity index (χ0) is 20.3. The second kappa shape index (κ2) is 12.8. The predicted octanol–water partition coefficient (Wildman–Crippen LogP) is -1.18. The Morgan fingerprint density at radius 2 is 1.73 bits per heavy atom. The average Bonchev–Trinajstić information content (AvgIpc) is 2.59. The molecule has 0 aliphatic heterocycles. The first kappa shape index (κ1) is 24.5. The molecule has 0 aromatic rings. The summed E-state index contributed by atoms with van der Waals surface area (Å²) in [5, 5.41) is 16.2. The number of aliphatic carboxylic acids is 1. The van der Waals surface area contributed by atoms with Gasteiger partial charge in [0.15, 0.2) is 0 Å². The van der Waals surface area contributed by atoms with Crippen LogP contribution in [-0.4, -0.2) is 71.2 Å². The summed E-state index contributed by atoms with van der Waals surface area (Å²) in [5.41, 5.74) is 5.69. The van der Waals surface area contributed by atoms with E-state index in [4.69, 9.17) is 10.8 Å². The molecule has 11 heteroatoms. The molecule has 150 valence electrons. The van der Waals surface area contributed by atoms with Crippen LogP contribution in [0.25, 0.3) is 0 Å². The van der Waals surface area contributed by atoms with E-state index in [1.807, 2.05) is 6.26 Å². The number of hydrogen-bond donors (Lipinski definition) is 6. The number of thiol groups is 1. The van der Waals surface area contributed by atoms with E-state index < -0.39 is 41.8 Å². The molecular weight excluding hydrogens is 380 g/mol. The Morgan fingerprint density at radius 3 is 2.19 bits per heavy atom. The minimum atomic E-state index is -1.21. The van der Waals surface area contributed by atoms with Gasteiger partial charge in [-0.1, -0.05) is 13.8 Å². The molecule has 0 rings (SSSR count). The van der Waals surface area contributed by atoms with Crippen molar-refractivity contribution < 1.29 is 24.3 Å². The molecule has 26 heavy (non-hydrogen) atoms. The largest absolute Gasteiger partial charge is 0.480 e. The number of carboxylic acid groups (broad SMARTS) is 1. The number of nitrogens with one attached hydrogen (secondary N) is 3. The van der Waals surface area contributed by atoms with E-state index in [0.29, 0.717) is 12.2 Å². The molecule has 9 nitrogen and oxygen atoms in total. The molecule has 0 fully saturated rings. The fourth-order valence-corrected chi connectivity index (χ4v) is 2.51. The van der Waals surface area contributed by atoms with E-state index >= 15 is 0 Å². The van der Waals surface area contributed by atoms with Gasteiger partial charge in [0.1, 0.15) is 12.1 Å². The third-order valence-corrected chi connectivity index (χ3v) is 4.51. The maximum atomic E-state index is 12.3. The highest BCUT2D eigenvalue weighted by molar-refractivity contribution is 7.98. The van der Waals surface area contributed by atoms with Crippen molar-refractivity contribution in [3.05, 3.63) is 0 Å². The maximum absolute atomic E-state index is 12.3. The number of rotatable bonds is 12. The van der Waals surface area contributed by atoms with Crippen LogP contribution in [0.1, 0.15) is 20.3 Å². The molecule has 0 aromatic carbocycles.